The number of ether oxygens (including phenoxy) is 1. The van der Waals surface area contributed by atoms with E-state index >= 15 is 0 Å². The fourth-order valence-electron chi connectivity index (χ4n) is 3.52. The Morgan fingerprint density at radius 2 is 1.62 bits per heavy atom. The highest BCUT2D eigenvalue weighted by molar-refractivity contribution is 5.49. The molecule has 29 heavy (non-hydrogen) atoms. The van der Waals surface area contributed by atoms with Crippen LogP contribution in [-0.2, 0) is 6.54 Å². The van der Waals surface area contributed by atoms with Gasteiger partial charge < -0.3 is 4.74 Å². The van der Waals surface area contributed by atoms with Gasteiger partial charge in [-0.1, -0.05) is 30.3 Å². The van der Waals surface area contributed by atoms with Gasteiger partial charge in [-0.25, -0.2) is 0 Å². The summed E-state index contributed by atoms with van der Waals surface area (Å²) >= 11 is 0. The number of nitrogens with zero attached hydrogens (tertiary/aromatic N) is 3. The standard InChI is InChI=1S/C25H31N3O/c1-25(2,3)28-16-14-27(15-17-28)20-23-8-6-21(7-9-23)5-4-18-29-24-12-10-22(19-26)11-13-24/h4-13H,14-18,20H2,1-3H3/b5-4+. The van der Waals surface area contributed by atoms with Gasteiger partial charge in [-0.05, 0) is 62.2 Å². The van der Waals surface area contributed by atoms with Gasteiger partial charge in [-0.2, -0.15) is 5.26 Å². The summed E-state index contributed by atoms with van der Waals surface area (Å²) in [5, 5.41) is 8.81. The molecule has 0 bridgehead atoms. The average Bonchev–Trinajstić information content (AvgIpc) is 2.72. The predicted molar refractivity (Wildman–Crippen MR) is 119 cm³/mol. The van der Waals surface area contributed by atoms with E-state index in [1.54, 1.807) is 12.1 Å². The molecule has 1 saturated heterocycles. The highest BCUT2D eigenvalue weighted by Crippen LogP contribution is 2.17. The fourth-order valence-corrected chi connectivity index (χ4v) is 3.52. The van der Waals surface area contributed by atoms with Gasteiger partial charge in [-0.3, -0.25) is 9.80 Å². The maximum Gasteiger partial charge on any atom is 0.119 e. The van der Waals surface area contributed by atoms with Crippen molar-refractivity contribution in [1.29, 1.82) is 5.26 Å². The molecule has 2 aromatic carbocycles. The third kappa shape index (κ3) is 6.45. The average molecular weight is 390 g/mol. The van der Waals surface area contributed by atoms with E-state index < -0.39 is 0 Å². The monoisotopic (exact) mass is 389 g/mol. The lowest BCUT2D eigenvalue weighted by Crippen LogP contribution is -2.53. The van der Waals surface area contributed by atoms with Crippen molar-refractivity contribution < 1.29 is 4.74 Å². The molecular weight excluding hydrogens is 358 g/mol. The quantitative estimate of drug-likeness (QED) is 0.726. The van der Waals surface area contributed by atoms with Gasteiger partial charge in [0.05, 0.1) is 11.6 Å². The molecule has 1 heterocycles. The number of nitriles is 1. The lowest BCUT2D eigenvalue weighted by molar-refractivity contribution is 0.0591. The summed E-state index contributed by atoms with van der Waals surface area (Å²) < 4.78 is 5.68. The number of hydrogen-bond donors (Lipinski definition) is 0. The topological polar surface area (TPSA) is 39.5 Å². The van der Waals surface area contributed by atoms with Crippen molar-refractivity contribution in [2.75, 3.05) is 32.8 Å². The van der Waals surface area contributed by atoms with E-state index in [0.29, 0.717) is 12.2 Å². The molecule has 0 radical (unpaired) electrons. The molecule has 0 amide bonds. The van der Waals surface area contributed by atoms with E-state index in [9.17, 15) is 0 Å². The Balaban J connectivity index is 1.43. The molecular formula is C25H31N3O. The first kappa shape index (κ1) is 21.1. The van der Waals surface area contributed by atoms with Crippen molar-refractivity contribution in [2.45, 2.75) is 32.9 Å². The van der Waals surface area contributed by atoms with Crippen molar-refractivity contribution >= 4 is 6.08 Å². The zero-order chi connectivity index (χ0) is 20.7. The molecule has 0 spiro atoms. The van der Waals surface area contributed by atoms with Gasteiger partial charge in [0.15, 0.2) is 0 Å². The van der Waals surface area contributed by atoms with Gasteiger partial charge >= 0.3 is 0 Å². The van der Waals surface area contributed by atoms with Crippen molar-refractivity contribution in [3.05, 3.63) is 71.3 Å². The Labute approximate surface area is 175 Å². The van der Waals surface area contributed by atoms with Gasteiger partial charge in [-0.15, -0.1) is 0 Å². The summed E-state index contributed by atoms with van der Waals surface area (Å²) in [7, 11) is 0. The second-order valence-electron chi connectivity index (χ2n) is 8.53. The highest BCUT2D eigenvalue weighted by Gasteiger charge is 2.25. The first-order chi connectivity index (χ1) is 13.9. The predicted octanol–water partition coefficient (Wildman–Crippen LogP) is 4.57. The molecule has 3 rings (SSSR count). The Bertz CT molecular complexity index is 834. The Morgan fingerprint density at radius 1 is 0.966 bits per heavy atom. The SMILES string of the molecule is CC(C)(C)N1CCN(Cc2ccc(/C=C/COc3ccc(C#N)cc3)cc2)CC1. The molecule has 0 N–H and O–H groups in total. The molecule has 0 aromatic heterocycles. The van der Waals surface area contributed by atoms with Crippen LogP contribution in [0.15, 0.2) is 54.6 Å². The maximum absolute atomic E-state index is 8.81. The van der Waals surface area contributed by atoms with Crippen LogP contribution in [0.4, 0.5) is 0 Å². The summed E-state index contributed by atoms with van der Waals surface area (Å²) in [6.45, 7) is 13.0. The largest absolute Gasteiger partial charge is 0.490 e. The number of benzene rings is 2. The zero-order valence-corrected chi connectivity index (χ0v) is 17.8. The van der Waals surface area contributed by atoms with Crippen LogP contribution < -0.4 is 4.74 Å². The highest BCUT2D eigenvalue weighted by atomic mass is 16.5. The van der Waals surface area contributed by atoms with Crippen LogP contribution in [0.3, 0.4) is 0 Å². The minimum Gasteiger partial charge on any atom is -0.490 e. The van der Waals surface area contributed by atoms with Crippen molar-refractivity contribution in [1.82, 2.24) is 9.80 Å². The van der Waals surface area contributed by atoms with Crippen molar-refractivity contribution in [2.24, 2.45) is 0 Å². The smallest absolute Gasteiger partial charge is 0.119 e. The van der Waals surface area contributed by atoms with Crippen molar-refractivity contribution in [3.63, 3.8) is 0 Å². The summed E-state index contributed by atoms with van der Waals surface area (Å²) in [6.07, 6.45) is 4.09. The van der Waals surface area contributed by atoms with Crippen LogP contribution in [-0.4, -0.2) is 48.1 Å². The van der Waals surface area contributed by atoms with Crippen LogP contribution in [0.25, 0.3) is 6.08 Å². The minimum absolute atomic E-state index is 0.268. The molecule has 2 aromatic rings. The molecule has 0 aliphatic carbocycles. The number of hydrogen-bond acceptors (Lipinski definition) is 4. The third-order valence-electron chi connectivity index (χ3n) is 5.35. The second-order valence-corrected chi connectivity index (χ2v) is 8.53. The van der Waals surface area contributed by atoms with E-state index in [1.807, 2.05) is 18.2 Å². The molecule has 152 valence electrons. The van der Waals surface area contributed by atoms with Crippen LogP contribution in [0.1, 0.15) is 37.5 Å². The maximum atomic E-state index is 8.81. The molecule has 1 aliphatic heterocycles. The summed E-state index contributed by atoms with van der Waals surface area (Å²) in [5.74, 6) is 0.774. The number of rotatable bonds is 6. The first-order valence-electron chi connectivity index (χ1n) is 10.3. The van der Waals surface area contributed by atoms with E-state index in [4.69, 9.17) is 10.00 Å². The first-order valence-corrected chi connectivity index (χ1v) is 10.3. The van der Waals surface area contributed by atoms with E-state index in [0.717, 1.165) is 38.5 Å². The van der Waals surface area contributed by atoms with E-state index in [2.05, 4.69) is 67.0 Å². The molecule has 0 unspecified atom stereocenters. The van der Waals surface area contributed by atoms with E-state index in [-0.39, 0.29) is 5.54 Å². The molecule has 1 aliphatic rings. The zero-order valence-electron chi connectivity index (χ0n) is 17.8. The van der Waals surface area contributed by atoms with Crippen LogP contribution in [0.5, 0.6) is 5.75 Å². The van der Waals surface area contributed by atoms with Crippen LogP contribution >= 0.6 is 0 Å². The molecule has 4 heteroatoms. The van der Waals surface area contributed by atoms with Gasteiger partial charge in [0, 0.05) is 38.3 Å². The van der Waals surface area contributed by atoms with Gasteiger partial charge in [0.25, 0.3) is 0 Å². The van der Waals surface area contributed by atoms with Crippen molar-refractivity contribution in [3.8, 4) is 11.8 Å². The lowest BCUT2D eigenvalue weighted by atomic mass is 10.0. The summed E-state index contributed by atoms with van der Waals surface area (Å²) in [4.78, 5) is 5.11. The van der Waals surface area contributed by atoms with Gasteiger partial charge in [0.1, 0.15) is 12.4 Å². The Kier molecular flexibility index (Phi) is 7.09. The molecule has 1 fully saturated rings. The lowest BCUT2D eigenvalue weighted by Gasteiger charge is -2.42. The third-order valence-corrected chi connectivity index (χ3v) is 5.35. The molecule has 0 atom stereocenters. The minimum atomic E-state index is 0.268. The summed E-state index contributed by atoms with van der Waals surface area (Å²) in [6, 6.07) is 18.0. The van der Waals surface area contributed by atoms with Gasteiger partial charge in [0.2, 0.25) is 0 Å². The second kappa shape index (κ2) is 9.73. The normalized spacial score (nSPS) is 16.1. The Hall–Kier alpha value is -2.61. The van der Waals surface area contributed by atoms with Crippen LogP contribution in [0, 0.1) is 11.3 Å². The molecule has 4 nitrogen and oxygen atoms in total. The fraction of sp³-hybridized carbons (Fsp3) is 0.400. The Morgan fingerprint density at radius 3 is 2.21 bits per heavy atom. The number of piperazine rings is 1. The van der Waals surface area contributed by atoms with Crippen LogP contribution in [0.2, 0.25) is 0 Å². The summed E-state index contributed by atoms with van der Waals surface area (Å²) in [5.41, 5.74) is 3.45. The molecule has 0 saturated carbocycles. The van der Waals surface area contributed by atoms with E-state index in [1.165, 1.54) is 11.1 Å².